The largest absolute Gasteiger partial charge is 0.489 e. The van der Waals surface area contributed by atoms with E-state index in [0.29, 0.717) is 56.0 Å². The second-order valence-electron chi connectivity index (χ2n) is 14.8. The quantitative estimate of drug-likeness (QED) is 0.0600. The highest BCUT2D eigenvalue weighted by Gasteiger charge is 2.34. The average Bonchev–Trinajstić information content (AvgIpc) is 3.19. The van der Waals surface area contributed by atoms with Gasteiger partial charge in [0, 0.05) is 51.1 Å². The molecule has 2 unspecified atom stereocenters. The molecule has 0 bridgehead atoms. The number of likely N-dealkylation sites (tertiary alicyclic amines) is 1. The van der Waals surface area contributed by atoms with Crippen LogP contribution in [0.2, 0.25) is 0 Å². The van der Waals surface area contributed by atoms with Crippen LogP contribution in [0.25, 0.3) is 17.0 Å². The Morgan fingerprint density at radius 2 is 1.64 bits per heavy atom. The number of hydrogen-bond donors (Lipinski definition) is 1. The molecular weight excluding hydrogens is 776 g/mol. The van der Waals surface area contributed by atoms with Crippen molar-refractivity contribution in [3.05, 3.63) is 119 Å². The van der Waals surface area contributed by atoms with Crippen LogP contribution in [-0.4, -0.2) is 74.6 Å². The zero-order chi connectivity index (χ0) is 43.2. The third kappa shape index (κ3) is 14.6. The minimum absolute atomic E-state index is 0.0637. The van der Waals surface area contributed by atoms with Crippen LogP contribution in [-0.2, 0) is 20.4 Å². The maximum Gasteiger partial charge on any atom is 0.416 e. The Morgan fingerprint density at radius 3 is 2.25 bits per heavy atom. The molecule has 13 heteroatoms. The van der Waals surface area contributed by atoms with Crippen LogP contribution >= 0.6 is 0 Å². The topological polar surface area (TPSA) is 54.0 Å². The Hall–Kier alpha value is -4.62. The van der Waals surface area contributed by atoms with Gasteiger partial charge in [0.2, 0.25) is 5.91 Å². The van der Waals surface area contributed by atoms with Crippen LogP contribution in [0, 0.1) is 0 Å². The fourth-order valence-corrected chi connectivity index (χ4v) is 7.02. The molecule has 4 rings (SSSR count). The molecule has 2 aromatic carbocycles. The number of piperidine rings is 1. The van der Waals surface area contributed by atoms with Gasteiger partial charge in [-0.25, -0.2) is 4.39 Å². The summed E-state index contributed by atoms with van der Waals surface area (Å²) in [5.74, 6) is -0.203. The molecule has 2 atom stereocenters. The van der Waals surface area contributed by atoms with Crippen LogP contribution in [0.3, 0.4) is 0 Å². The minimum atomic E-state index is -4.76. The number of allylic oxidation sites excluding steroid dienone is 8. The molecule has 6 nitrogen and oxygen atoms in total. The van der Waals surface area contributed by atoms with Gasteiger partial charge in [-0.1, -0.05) is 50.3 Å². The van der Waals surface area contributed by atoms with Gasteiger partial charge in [-0.15, -0.1) is 0 Å². The van der Waals surface area contributed by atoms with Gasteiger partial charge in [-0.2, -0.15) is 26.3 Å². The normalized spacial score (nSPS) is 19.6. The molecule has 0 aliphatic carbocycles. The van der Waals surface area contributed by atoms with Crippen LogP contribution in [0.1, 0.15) is 94.4 Å². The van der Waals surface area contributed by atoms with Crippen molar-refractivity contribution in [3.8, 4) is 0 Å². The van der Waals surface area contributed by atoms with Gasteiger partial charge in [0.15, 0.2) is 0 Å². The van der Waals surface area contributed by atoms with Crippen molar-refractivity contribution >= 4 is 28.6 Å². The fourth-order valence-electron chi connectivity index (χ4n) is 7.02. The van der Waals surface area contributed by atoms with Crippen LogP contribution in [0.4, 0.5) is 36.4 Å². The van der Waals surface area contributed by atoms with E-state index in [2.05, 4.69) is 10.2 Å². The number of nitrogens with zero attached hydrogens (tertiary/aromatic N) is 2. The first-order valence-corrected chi connectivity index (χ1v) is 20.2. The van der Waals surface area contributed by atoms with Gasteiger partial charge < -0.3 is 19.7 Å². The molecule has 0 spiro atoms. The molecule has 2 heterocycles. The van der Waals surface area contributed by atoms with Crippen molar-refractivity contribution in [1.29, 1.82) is 0 Å². The zero-order valence-corrected chi connectivity index (χ0v) is 34.5. The third-order valence-corrected chi connectivity index (χ3v) is 9.95. The van der Waals surface area contributed by atoms with Crippen molar-refractivity contribution in [2.45, 2.75) is 96.8 Å². The third-order valence-electron chi connectivity index (χ3n) is 9.95. The van der Waals surface area contributed by atoms with Crippen LogP contribution in [0.15, 0.2) is 96.3 Å². The summed E-state index contributed by atoms with van der Waals surface area (Å²) in [5, 5.41) is 3.25. The molecule has 0 radical (unpaired) electrons. The molecule has 1 amide bonds. The van der Waals surface area contributed by atoms with E-state index < -0.39 is 30.2 Å². The fraction of sp³-hybridized carbons (Fsp3) is 0.457. The molecular formula is C46H56F7N3O3. The van der Waals surface area contributed by atoms with Crippen molar-refractivity contribution in [3.63, 3.8) is 0 Å². The average molecular weight is 832 g/mol. The molecule has 2 aliphatic heterocycles. The maximum absolute atomic E-state index is 16.0. The van der Waals surface area contributed by atoms with Gasteiger partial charge >= 0.3 is 12.4 Å². The first-order valence-electron chi connectivity index (χ1n) is 20.2. The molecule has 0 saturated carbocycles. The van der Waals surface area contributed by atoms with Gasteiger partial charge in [0.05, 0.1) is 12.0 Å². The maximum atomic E-state index is 16.0. The highest BCUT2D eigenvalue weighted by molar-refractivity contribution is 6.00. The Kier molecular flexibility index (Phi) is 17.6. The number of amides is 1. The van der Waals surface area contributed by atoms with Crippen LogP contribution in [0.5, 0.6) is 0 Å². The number of ether oxygens (including phenoxy) is 2. The molecule has 322 valence electrons. The molecule has 2 aromatic rings. The Labute approximate surface area is 343 Å². The van der Waals surface area contributed by atoms with Gasteiger partial charge in [-0.05, 0) is 129 Å². The van der Waals surface area contributed by atoms with Crippen molar-refractivity contribution < 1.29 is 45.0 Å². The number of likely N-dealkylation sites (N-methyl/N-ethyl adjacent to an activating group) is 1. The van der Waals surface area contributed by atoms with Crippen molar-refractivity contribution in [1.82, 2.24) is 9.80 Å². The molecule has 2 saturated heterocycles. The molecule has 2 fully saturated rings. The van der Waals surface area contributed by atoms with E-state index >= 15 is 4.39 Å². The molecule has 1 N–H and O–H groups in total. The first-order chi connectivity index (χ1) is 28.0. The summed E-state index contributed by atoms with van der Waals surface area (Å²) in [5.41, 5.74) is -0.203. The van der Waals surface area contributed by atoms with E-state index in [9.17, 15) is 31.1 Å². The summed E-state index contributed by atoms with van der Waals surface area (Å²) in [4.78, 5) is 15.7. The number of benzene rings is 2. The Morgan fingerprint density at radius 1 is 0.932 bits per heavy atom. The monoisotopic (exact) mass is 831 g/mol. The number of anilines is 1. The lowest BCUT2D eigenvalue weighted by molar-refractivity contribution is -0.137. The Balaban J connectivity index is 1.83. The minimum Gasteiger partial charge on any atom is -0.489 e. The summed E-state index contributed by atoms with van der Waals surface area (Å²) in [6.45, 7) is 7.85. The summed E-state index contributed by atoms with van der Waals surface area (Å²) >= 11 is 0. The lowest BCUT2D eigenvalue weighted by Crippen LogP contribution is -2.39. The number of hydrogen-bond acceptors (Lipinski definition) is 5. The molecule has 0 aromatic heterocycles. The SMILES string of the molecule is C/C=C(\C=C/C(=C/CC)OC1CCCN(C/C=C/C(=O)N(C)C)C1)C(=C(/CC(F)(F)F)c1ccc(C(F)(F)F)cc1)/c1ccc(NC2CCCCO2)c(/C(F)=C/CC)c1. The van der Waals surface area contributed by atoms with Gasteiger partial charge in [0.1, 0.15) is 23.9 Å². The van der Waals surface area contributed by atoms with Crippen molar-refractivity contribution in [2.75, 3.05) is 45.7 Å². The van der Waals surface area contributed by atoms with E-state index in [1.165, 1.54) is 23.1 Å². The van der Waals surface area contributed by atoms with E-state index in [1.807, 2.05) is 19.1 Å². The lowest BCUT2D eigenvalue weighted by atomic mass is 9.86. The predicted octanol–water partition coefficient (Wildman–Crippen LogP) is 12.1. The number of rotatable bonds is 16. The smallest absolute Gasteiger partial charge is 0.416 e. The molecule has 2 aliphatic rings. The van der Waals surface area contributed by atoms with E-state index in [1.54, 1.807) is 58.3 Å². The van der Waals surface area contributed by atoms with Crippen molar-refractivity contribution in [2.24, 2.45) is 0 Å². The highest BCUT2D eigenvalue weighted by atomic mass is 19.4. The first kappa shape index (κ1) is 47.1. The Bertz CT molecular complexity index is 1880. The van der Waals surface area contributed by atoms with E-state index in [4.69, 9.17) is 9.47 Å². The summed E-state index contributed by atoms with van der Waals surface area (Å²) in [6, 6.07) is 8.30. The van der Waals surface area contributed by atoms with E-state index in [-0.39, 0.29) is 46.1 Å². The summed E-state index contributed by atoms with van der Waals surface area (Å²) in [7, 11) is 3.36. The van der Waals surface area contributed by atoms with Gasteiger partial charge in [0.25, 0.3) is 0 Å². The number of nitrogens with one attached hydrogen (secondary N) is 1. The summed E-state index contributed by atoms with van der Waals surface area (Å²) < 4.78 is 113. The zero-order valence-electron chi connectivity index (χ0n) is 34.5. The lowest BCUT2D eigenvalue weighted by Gasteiger charge is -2.32. The number of carbonyl (C=O) groups excluding carboxylic acids is 1. The number of halogens is 7. The highest BCUT2D eigenvalue weighted by Crippen LogP contribution is 2.42. The second kappa shape index (κ2) is 22.1. The standard InChI is InChI=1S/C46H56F7N3O3/c1-6-13-36(59-37-15-11-26-56(31-37)27-12-17-43(57)55(4)5)24-20-32(8-3)44(39(30-45(48,49)50)33-18-22-35(23-19-33)46(51,52)53)34-21-25-41(38(29-34)40(47)14-7-2)54-42-16-9-10-28-58-42/h8,12-14,17-25,29,37,42,54H,6-7,9-11,15-16,26-28,30-31H2,1-5H3/b17-12+,24-20-,32-8+,36-13-,40-14-,44-39+. The van der Waals surface area contributed by atoms with E-state index in [0.717, 1.165) is 56.5 Å². The second-order valence-corrected chi connectivity index (χ2v) is 14.8. The number of carbonyl (C=O) groups is 1. The summed E-state index contributed by atoms with van der Waals surface area (Å²) in [6.07, 6.45) is 5.06. The van der Waals surface area contributed by atoms with Crippen LogP contribution < -0.4 is 5.32 Å². The molecule has 59 heavy (non-hydrogen) atoms. The predicted molar refractivity (Wildman–Crippen MR) is 222 cm³/mol. The van der Waals surface area contributed by atoms with Gasteiger partial charge in [-0.3, -0.25) is 9.69 Å². The number of alkyl halides is 6.